The van der Waals surface area contributed by atoms with E-state index in [9.17, 15) is 4.79 Å². The van der Waals surface area contributed by atoms with Crippen LogP contribution in [0, 0.1) is 5.92 Å². The number of halogens is 1. The molecule has 2 rings (SSSR count). The largest absolute Gasteiger partial charge is 0.350 e. The van der Waals surface area contributed by atoms with Gasteiger partial charge in [-0.2, -0.15) is 0 Å². The van der Waals surface area contributed by atoms with Gasteiger partial charge in [-0.3, -0.25) is 4.79 Å². The summed E-state index contributed by atoms with van der Waals surface area (Å²) >= 11 is 3.41. The Balaban J connectivity index is 2.03. The highest BCUT2D eigenvalue weighted by Gasteiger charge is 2.37. The minimum atomic E-state index is 0.00996. The van der Waals surface area contributed by atoms with E-state index in [1.165, 1.54) is 12.8 Å². The number of hydrogen-bond donors (Lipinski definition) is 1. The van der Waals surface area contributed by atoms with E-state index in [1.807, 2.05) is 24.3 Å². The molecule has 1 aromatic rings. The van der Waals surface area contributed by atoms with Crippen molar-refractivity contribution in [3.05, 3.63) is 34.3 Å². The molecule has 3 nitrogen and oxygen atoms in total. The van der Waals surface area contributed by atoms with Gasteiger partial charge in [-0.25, -0.2) is 0 Å². The van der Waals surface area contributed by atoms with Gasteiger partial charge in [-0.15, -0.1) is 0 Å². The van der Waals surface area contributed by atoms with Gasteiger partial charge < -0.3 is 10.2 Å². The number of likely N-dealkylation sites (N-methyl/N-ethyl adjacent to an activating group) is 1. The van der Waals surface area contributed by atoms with Crippen LogP contribution in [0.15, 0.2) is 28.7 Å². The lowest BCUT2D eigenvalue weighted by atomic mass is 9.75. The highest BCUT2D eigenvalue weighted by atomic mass is 79.9. The number of nitrogens with one attached hydrogen (secondary N) is 1. The van der Waals surface area contributed by atoms with Crippen molar-refractivity contribution in [3.8, 4) is 0 Å². The Kier molecular flexibility index (Phi) is 5.44. The lowest BCUT2D eigenvalue weighted by molar-refractivity contribution is 0.0675. The lowest BCUT2D eigenvalue weighted by Crippen LogP contribution is -2.55. The summed E-state index contributed by atoms with van der Waals surface area (Å²) in [6, 6.07) is 7.54. The Hall–Kier alpha value is -0.870. The van der Waals surface area contributed by atoms with Crippen molar-refractivity contribution in [2.24, 2.45) is 5.92 Å². The van der Waals surface area contributed by atoms with Crippen molar-refractivity contribution in [1.29, 1.82) is 0 Å². The van der Waals surface area contributed by atoms with E-state index in [4.69, 9.17) is 0 Å². The van der Waals surface area contributed by atoms with Crippen LogP contribution in [0.25, 0.3) is 0 Å². The molecule has 2 unspecified atom stereocenters. The fourth-order valence-corrected chi connectivity index (χ4v) is 3.73. The fourth-order valence-electron chi connectivity index (χ4n) is 3.33. The topological polar surface area (TPSA) is 32.3 Å². The number of carbonyl (C=O) groups is 1. The summed E-state index contributed by atoms with van der Waals surface area (Å²) in [6.45, 7) is 3.03. The molecule has 21 heavy (non-hydrogen) atoms. The van der Waals surface area contributed by atoms with E-state index >= 15 is 0 Å². The quantitative estimate of drug-likeness (QED) is 0.895. The van der Waals surface area contributed by atoms with Crippen LogP contribution >= 0.6 is 15.9 Å². The number of rotatable bonds is 4. The van der Waals surface area contributed by atoms with Crippen LogP contribution in [-0.4, -0.2) is 37.0 Å². The molecule has 0 aliphatic heterocycles. The molecule has 1 N–H and O–H groups in total. The monoisotopic (exact) mass is 352 g/mol. The molecule has 0 bridgehead atoms. The van der Waals surface area contributed by atoms with E-state index in [0.29, 0.717) is 5.56 Å². The number of hydrogen-bond acceptors (Lipinski definition) is 2. The average Bonchev–Trinajstić information content (AvgIpc) is 2.44. The minimum absolute atomic E-state index is 0.00996. The van der Waals surface area contributed by atoms with Crippen LogP contribution in [0.3, 0.4) is 0 Å². The van der Waals surface area contributed by atoms with Crippen molar-refractivity contribution < 1.29 is 4.79 Å². The van der Waals surface area contributed by atoms with Crippen molar-refractivity contribution >= 4 is 21.8 Å². The first kappa shape index (κ1) is 16.5. The predicted molar refractivity (Wildman–Crippen MR) is 90.5 cm³/mol. The molecule has 0 spiro atoms. The van der Waals surface area contributed by atoms with Crippen LogP contribution < -0.4 is 5.32 Å². The molecule has 2 atom stereocenters. The van der Waals surface area contributed by atoms with Crippen LogP contribution in [0.1, 0.15) is 43.0 Å². The van der Waals surface area contributed by atoms with E-state index < -0.39 is 0 Å². The smallest absolute Gasteiger partial charge is 0.251 e. The Morgan fingerprint density at radius 1 is 1.48 bits per heavy atom. The second-order valence-electron chi connectivity index (χ2n) is 6.51. The van der Waals surface area contributed by atoms with Crippen LogP contribution in [0.5, 0.6) is 0 Å². The highest BCUT2D eigenvalue weighted by molar-refractivity contribution is 9.10. The zero-order chi connectivity index (χ0) is 15.5. The summed E-state index contributed by atoms with van der Waals surface area (Å²) in [5.41, 5.74) is 0.807. The van der Waals surface area contributed by atoms with Crippen molar-refractivity contribution in [2.75, 3.05) is 20.6 Å². The molecule has 0 heterocycles. The molecule has 1 amide bonds. The summed E-state index contributed by atoms with van der Waals surface area (Å²) in [7, 11) is 4.26. The second kappa shape index (κ2) is 6.93. The molecular formula is C17H25BrN2O. The van der Waals surface area contributed by atoms with E-state index in [-0.39, 0.29) is 11.4 Å². The third kappa shape index (κ3) is 4.07. The van der Waals surface area contributed by atoms with Gasteiger partial charge in [0.25, 0.3) is 5.91 Å². The summed E-state index contributed by atoms with van der Waals surface area (Å²) < 4.78 is 0.934. The Bertz CT molecular complexity index is 503. The van der Waals surface area contributed by atoms with Gasteiger partial charge in [-0.1, -0.05) is 41.8 Å². The van der Waals surface area contributed by atoms with Crippen molar-refractivity contribution in [3.63, 3.8) is 0 Å². The SMILES string of the molecule is CC1CCCC(CNC(=O)c2cccc(Br)c2)(N(C)C)C1. The Morgan fingerprint density at radius 2 is 2.24 bits per heavy atom. The summed E-state index contributed by atoms with van der Waals surface area (Å²) in [5.74, 6) is 0.736. The van der Waals surface area contributed by atoms with Crippen molar-refractivity contribution in [2.45, 2.75) is 38.1 Å². The maximum atomic E-state index is 12.3. The summed E-state index contributed by atoms with van der Waals surface area (Å²) in [5, 5.41) is 3.14. The molecule has 1 aromatic carbocycles. The zero-order valence-corrected chi connectivity index (χ0v) is 14.7. The zero-order valence-electron chi connectivity index (χ0n) is 13.2. The molecule has 1 fully saturated rings. The maximum absolute atomic E-state index is 12.3. The number of amides is 1. The van der Waals surface area contributed by atoms with E-state index in [0.717, 1.165) is 29.8 Å². The van der Waals surface area contributed by atoms with E-state index in [2.05, 4.69) is 47.2 Å². The highest BCUT2D eigenvalue weighted by Crippen LogP contribution is 2.35. The molecular weight excluding hydrogens is 328 g/mol. The van der Waals surface area contributed by atoms with Crippen LogP contribution in [-0.2, 0) is 0 Å². The molecule has 0 radical (unpaired) electrons. The van der Waals surface area contributed by atoms with Crippen LogP contribution in [0.2, 0.25) is 0 Å². The molecule has 0 aromatic heterocycles. The van der Waals surface area contributed by atoms with Gasteiger partial charge >= 0.3 is 0 Å². The minimum Gasteiger partial charge on any atom is -0.350 e. The number of nitrogens with zero attached hydrogens (tertiary/aromatic N) is 1. The molecule has 4 heteroatoms. The molecule has 1 aliphatic carbocycles. The first-order valence-electron chi connectivity index (χ1n) is 7.64. The first-order valence-corrected chi connectivity index (χ1v) is 8.43. The molecule has 116 valence electrons. The van der Waals surface area contributed by atoms with Crippen LogP contribution in [0.4, 0.5) is 0 Å². The Morgan fingerprint density at radius 3 is 2.86 bits per heavy atom. The molecule has 1 aliphatic rings. The molecule has 1 saturated carbocycles. The van der Waals surface area contributed by atoms with Crippen molar-refractivity contribution in [1.82, 2.24) is 10.2 Å². The predicted octanol–water partition coefficient (Wildman–Crippen LogP) is 3.69. The fraction of sp³-hybridized carbons (Fsp3) is 0.588. The second-order valence-corrected chi connectivity index (χ2v) is 7.43. The standard InChI is InChI=1S/C17H25BrN2O/c1-13-6-5-9-17(11-13,20(2)3)12-19-16(21)14-7-4-8-15(18)10-14/h4,7-8,10,13H,5-6,9,11-12H2,1-3H3,(H,19,21). The lowest BCUT2D eigenvalue weighted by Gasteiger charge is -2.45. The third-order valence-corrected chi connectivity index (χ3v) is 5.17. The van der Waals surface area contributed by atoms with Gasteiger partial charge in [0.05, 0.1) is 0 Å². The van der Waals surface area contributed by atoms with Gasteiger partial charge in [0.1, 0.15) is 0 Å². The average molecular weight is 353 g/mol. The number of benzene rings is 1. The van der Waals surface area contributed by atoms with Gasteiger partial charge in [0.15, 0.2) is 0 Å². The normalized spacial score (nSPS) is 25.9. The maximum Gasteiger partial charge on any atom is 0.251 e. The van der Waals surface area contributed by atoms with Gasteiger partial charge in [0.2, 0.25) is 0 Å². The summed E-state index contributed by atoms with van der Waals surface area (Å²) in [4.78, 5) is 14.6. The summed E-state index contributed by atoms with van der Waals surface area (Å²) in [6.07, 6.45) is 4.85. The number of carbonyl (C=O) groups excluding carboxylic acids is 1. The first-order chi connectivity index (χ1) is 9.93. The Labute approximate surface area is 136 Å². The third-order valence-electron chi connectivity index (χ3n) is 4.68. The van der Waals surface area contributed by atoms with E-state index in [1.54, 1.807) is 0 Å². The molecule has 0 saturated heterocycles. The van der Waals surface area contributed by atoms with Gasteiger partial charge in [0, 0.05) is 22.1 Å². The van der Waals surface area contributed by atoms with Gasteiger partial charge in [-0.05, 0) is 51.1 Å².